The smallest absolute Gasteiger partial charge is 0.255 e. The van der Waals surface area contributed by atoms with Gasteiger partial charge in [0.25, 0.3) is 5.91 Å². The summed E-state index contributed by atoms with van der Waals surface area (Å²) in [6, 6.07) is 7.57. The van der Waals surface area contributed by atoms with Crippen LogP contribution >= 0.6 is 0 Å². The fourth-order valence-electron chi connectivity index (χ4n) is 3.71. The molecule has 1 aliphatic heterocycles. The van der Waals surface area contributed by atoms with Crippen molar-refractivity contribution < 1.29 is 9.21 Å². The van der Waals surface area contributed by atoms with E-state index in [0.717, 1.165) is 23.0 Å². The molecular weight excluding hydrogens is 368 g/mol. The van der Waals surface area contributed by atoms with Crippen LogP contribution in [0.15, 0.2) is 41.1 Å². The molecule has 5 heterocycles. The summed E-state index contributed by atoms with van der Waals surface area (Å²) >= 11 is 0. The number of oxazole rings is 1. The monoisotopic (exact) mass is 390 g/mol. The van der Waals surface area contributed by atoms with Crippen LogP contribution in [0.25, 0.3) is 17.2 Å². The van der Waals surface area contributed by atoms with Crippen LogP contribution < -0.4 is 0 Å². The second-order valence-corrected chi connectivity index (χ2v) is 7.73. The molecule has 5 rings (SSSR count). The van der Waals surface area contributed by atoms with Crippen LogP contribution in [0.1, 0.15) is 47.5 Å². The minimum absolute atomic E-state index is 0.0295. The van der Waals surface area contributed by atoms with Gasteiger partial charge in [-0.25, -0.2) is 4.98 Å². The molecule has 0 unspecified atom stereocenters. The predicted molar refractivity (Wildman–Crippen MR) is 106 cm³/mol. The highest BCUT2D eigenvalue weighted by Gasteiger charge is 2.27. The van der Waals surface area contributed by atoms with Crippen molar-refractivity contribution in [3.63, 3.8) is 0 Å². The highest BCUT2D eigenvalue weighted by Crippen LogP contribution is 2.25. The van der Waals surface area contributed by atoms with Gasteiger partial charge in [0.15, 0.2) is 17.4 Å². The quantitative estimate of drug-likeness (QED) is 0.537. The molecule has 4 aromatic rings. The Labute approximate surface area is 167 Å². The van der Waals surface area contributed by atoms with Crippen LogP contribution in [-0.2, 0) is 20.0 Å². The molecule has 1 aliphatic rings. The van der Waals surface area contributed by atoms with E-state index in [1.54, 1.807) is 6.07 Å². The first kappa shape index (κ1) is 17.7. The minimum atomic E-state index is -0.0295. The van der Waals surface area contributed by atoms with Gasteiger partial charge in [0.1, 0.15) is 11.5 Å². The number of aromatic nitrogens is 5. The first-order chi connectivity index (χ1) is 14.0. The van der Waals surface area contributed by atoms with E-state index in [4.69, 9.17) is 4.42 Å². The molecule has 29 heavy (non-hydrogen) atoms. The second kappa shape index (κ2) is 6.58. The van der Waals surface area contributed by atoms with Crippen LogP contribution in [0, 0.1) is 0 Å². The van der Waals surface area contributed by atoms with Gasteiger partial charge < -0.3 is 13.9 Å². The zero-order valence-electron chi connectivity index (χ0n) is 16.7. The Morgan fingerprint density at radius 2 is 2.07 bits per heavy atom. The number of pyridine rings is 1. The fraction of sp³-hybridized carbons (Fsp3) is 0.333. The van der Waals surface area contributed by atoms with Crippen molar-refractivity contribution in [2.45, 2.75) is 32.7 Å². The summed E-state index contributed by atoms with van der Waals surface area (Å²) in [6.07, 6.45) is 4.46. The van der Waals surface area contributed by atoms with E-state index in [0.29, 0.717) is 36.5 Å². The maximum absolute atomic E-state index is 13.2. The molecular formula is C21H22N6O2. The number of fused-ring (bicyclic) bond motifs is 2. The van der Waals surface area contributed by atoms with Gasteiger partial charge in [-0.15, -0.1) is 10.2 Å². The Balaban J connectivity index is 1.46. The average Bonchev–Trinajstić information content (AvgIpc) is 3.43. The van der Waals surface area contributed by atoms with Gasteiger partial charge in [-0.3, -0.25) is 9.20 Å². The molecule has 148 valence electrons. The molecule has 4 aromatic heterocycles. The Hall–Kier alpha value is -3.42. The first-order valence-corrected chi connectivity index (χ1v) is 9.75. The van der Waals surface area contributed by atoms with Crippen LogP contribution in [0.3, 0.4) is 0 Å². The van der Waals surface area contributed by atoms with Gasteiger partial charge in [0.05, 0.1) is 17.8 Å². The summed E-state index contributed by atoms with van der Waals surface area (Å²) in [7, 11) is 1.96. The SMILES string of the molecule is CC(C)c1nc2c(o1)CCN(C(=O)c1ccc3nnc(-c4cccn4C)n3c1)C2. The van der Waals surface area contributed by atoms with Crippen molar-refractivity contribution in [1.29, 1.82) is 0 Å². The lowest BCUT2D eigenvalue weighted by Crippen LogP contribution is -2.35. The largest absolute Gasteiger partial charge is 0.445 e. The van der Waals surface area contributed by atoms with Gasteiger partial charge in [-0.05, 0) is 24.3 Å². The average molecular weight is 390 g/mol. The number of rotatable bonds is 3. The highest BCUT2D eigenvalue weighted by atomic mass is 16.4. The highest BCUT2D eigenvalue weighted by molar-refractivity contribution is 5.94. The topological polar surface area (TPSA) is 81.5 Å². The number of carbonyl (C=O) groups is 1. The maximum Gasteiger partial charge on any atom is 0.255 e. The standard InChI is InChI=1S/C21H22N6O2/c1-13(2)20-22-15-12-26(10-8-17(15)29-20)21(28)14-6-7-18-23-24-19(27(18)11-14)16-5-4-9-25(16)3/h4-7,9,11,13H,8,10,12H2,1-3H3. The Bertz CT molecular complexity index is 1220. The molecule has 0 fully saturated rings. The van der Waals surface area contributed by atoms with Gasteiger partial charge in [0, 0.05) is 38.3 Å². The zero-order valence-corrected chi connectivity index (χ0v) is 16.7. The molecule has 0 atom stereocenters. The third-order valence-corrected chi connectivity index (χ3v) is 5.35. The third kappa shape index (κ3) is 2.91. The number of amides is 1. The van der Waals surface area contributed by atoms with E-state index in [-0.39, 0.29) is 11.8 Å². The van der Waals surface area contributed by atoms with E-state index in [1.165, 1.54) is 0 Å². The van der Waals surface area contributed by atoms with Crippen molar-refractivity contribution >= 4 is 11.6 Å². The van der Waals surface area contributed by atoms with E-state index >= 15 is 0 Å². The summed E-state index contributed by atoms with van der Waals surface area (Å²) in [4.78, 5) is 19.6. The molecule has 0 saturated carbocycles. The number of nitrogens with zero attached hydrogens (tertiary/aromatic N) is 6. The van der Waals surface area contributed by atoms with Gasteiger partial charge >= 0.3 is 0 Å². The Morgan fingerprint density at radius 3 is 2.83 bits per heavy atom. The van der Waals surface area contributed by atoms with Crippen molar-refractivity contribution in [3.8, 4) is 11.5 Å². The van der Waals surface area contributed by atoms with Crippen molar-refractivity contribution in [1.82, 2.24) is 29.0 Å². The van der Waals surface area contributed by atoms with Gasteiger partial charge in [-0.2, -0.15) is 0 Å². The summed E-state index contributed by atoms with van der Waals surface area (Å²) in [6.45, 7) is 5.19. The Morgan fingerprint density at radius 1 is 1.21 bits per heavy atom. The number of carbonyl (C=O) groups excluding carboxylic acids is 1. The van der Waals surface area contributed by atoms with E-state index in [1.807, 2.05) is 51.5 Å². The molecule has 1 amide bonds. The molecule has 8 heteroatoms. The summed E-state index contributed by atoms with van der Waals surface area (Å²) in [5.74, 6) is 2.55. The van der Waals surface area contributed by atoms with E-state index in [2.05, 4.69) is 29.0 Å². The normalized spacial score (nSPS) is 14.0. The fourth-order valence-corrected chi connectivity index (χ4v) is 3.71. The number of aryl methyl sites for hydroxylation is 1. The molecule has 0 spiro atoms. The van der Waals surface area contributed by atoms with Crippen LogP contribution in [0.4, 0.5) is 0 Å². The van der Waals surface area contributed by atoms with Crippen molar-refractivity contribution in [2.24, 2.45) is 7.05 Å². The molecule has 0 aromatic carbocycles. The van der Waals surface area contributed by atoms with Crippen molar-refractivity contribution in [3.05, 3.63) is 59.6 Å². The van der Waals surface area contributed by atoms with Crippen molar-refractivity contribution in [2.75, 3.05) is 6.54 Å². The second-order valence-electron chi connectivity index (χ2n) is 7.73. The predicted octanol–water partition coefficient (Wildman–Crippen LogP) is 3.04. The van der Waals surface area contributed by atoms with Crippen LogP contribution in [-0.4, -0.2) is 41.5 Å². The zero-order chi connectivity index (χ0) is 20.1. The lowest BCUT2D eigenvalue weighted by atomic mass is 10.1. The van der Waals surface area contributed by atoms with Crippen LogP contribution in [0.2, 0.25) is 0 Å². The van der Waals surface area contributed by atoms with Gasteiger partial charge in [0.2, 0.25) is 0 Å². The van der Waals surface area contributed by atoms with E-state index < -0.39 is 0 Å². The molecule has 8 nitrogen and oxygen atoms in total. The first-order valence-electron chi connectivity index (χ1n) is 9.75. The maximum atomic E-state index is 13.2. The number of hydrogen-bond donors (Lipinski definition) is 0. The third-order valence-electron chi connectivity index (χ3n) is 5.35. The molecule has 0 saturated heterocycles. The number of hydrogen-bond acceptors (Lipinski definition) is 5. The Kier molecular flexibility index (Phi) is 4.01. The lowest BCUT2D eigenvalue weighted by molar-refractivity contribution is 0.0727. The molecule has 0 bridgehead atoms. The summed E-state index contributed by atoms with van der Waals surface area (Å²) in [5, 5.41) is 8.54. The molecule has 0 N–H and O–H groups in total. The van der Waals surface area contributed by atoms with Gasteiger partial charge in [-0.1, -0.05) is 13.8 Å². The van der Waals surface area contributed by atoms with E-state index in [9.17, 15) is 4.79 Å². The summed E-state index contributed by atoms with van der Waals surface area (Å²) < 4.78 is 9.69. The minimum Gasteiger partial charge on any atom is -0.445 e. The lowest BCUT2D eigenvalue weighted by Gasteiger charge is -2.25. The molecule has 0 radical (unpaired) electrons. The van der Waals surface area contributed by atoms with Crippen LogP contribution in [0.5, 0.6) is 0 Å². The summed E-state index contributed by atoms with van der Waals surface area (Å²) in [5.41, 5.74) is 3.11. The molecule has 0 aliphatic carbocycles.